The van der Waals surface area contributed by atoms with Crippen molar-refractivity contribution >= 4 is 0 Å². The van der Waals surface area contributed by atoms with Gasteiger partial charge in [-0.05, 0) is 57.8 Å². The summed E-state index contributed by atoms with van der Waals surface area (Å²) in [7, 11) is 0. The maximum absolute atomic E-state index is 6.41. The van der Waals surface area contributed by atoms with Gasteiger partial charge in [0.25, 0.3) is 0 Å². The molecule has 0 bridgehead atoms. The van der Waals surface area contributed by atoms with Crippen molar-refractivity contribution in [3.05, 3.63) is 34.4 Å². The summed E-state index contributed by atoms with van der Waals surface area (Å²) in [4.78, 5) is 0. The Labute approximate surface area is 124 Å². The van der Waals surface area contributed by atoms with Crippen LogP contribution in [0.1, 0.15) is 89.1 Å². The molecule has 2 N–H and O–H groups in total. The molecule has 0 saturated carbocycles. The molecule has 3 rings (SSSR count). The lowest BCUT2D eigenvalue weighted by molar-refractivity contribution is 0.331. The van der Waals surface area contributed by atoms with Gasteiger partial charge in [0.1, 0.15) is 0 Å². The Balaban J connectivity index is 2.28. The second-order valence-electron chi connectivity index (χ2n) is 8.95. The van der Waals surface area contributed by atoms with Crippen LogP contribution in [0.4, 0.5) is 0 Å². The van der Waals surface area contributed by atoms with Gasteiger partial charge in [-0.2, -0.15) is 0 Å². The maximum atomic E-state index is 6.41. The molecule has 1 unspecified atom stereocenters. The summed E-state index contributed by atoms with van der Waals surface area (Å²) in [5, 5.41) is 0. The van der Waals surface area contributed by atoms with E-state index in [0.29, 0.717) is 5.41 Å². The van der Waals surface area contributed by atoms with Crippen LogP contribution in [0, 0.1) is 0 Å². The highest BCUT2D eigenvalue weighted by Gasteiger charge is 2.42. The van der Waals surface area contributed by atoms with E-state index in [-0.39, 0.29) is 16.9 Å². The van der Waals surface area contributed by atoms with Crippen LogP contribution in [0.25, 0.3) is 0 Å². The molecule has 110 valence electrons. The minimum atomic E-state index is 0.214. The molecule has 0 radical (unpaired) electrons. The van der Waals surface area contributed by atoms with Gasteiger partial charge in [-0.3, -0.25) is 0 Å². The van der Waals surface area contributed by atoms with E-state index in [1.165, 1.54) is 24.0 Å². The third kappa shape index (κ3) is 1.86. The summed E-state index contributed by atoms with van der Waals surface area (Å²) in [5.41, 5.74) is 13.2. The Morgan fingerprint density at radius 2 is 1.30 bits per heavy atom. The van der Waals surface area contributed by atoms with Gasteiger partial charge in [-0.1, -0.05) is 53.7 Å². The average molecular weight is 271 g/mol. The van der Waals surface area contributed by atoms with E-state index in [9.17, 15) is 0 Å². The molecule has 20 heavy (non-hydrogen) atoms. The minimum Gasteiger partial charge on any atom is -0.324 e. The van der Waals surface area contributed by atoms with Crippen molar-refractivity contribution in [1.82, 2.24) is 0 Å². The van der Waals surface area contributed by atoms with E-state index in [4.69, 9.17) is 5.73 Å². The first-order valence-electron chi connectivity index (χ1n) is 8.00. The Bertz CT molecular complexity index is 563. The molecule has 1 atom stereocenters. The first kappa shape index (κ1) is 14.1. The lowest BCUT2D eigenvalue weighted by atomic mass is 9.62. The van der Waals surface area contributed by atoms with Crippen LogP contribution in [0.15, 0.2) is 12.1 Å². The quantitative estimate of drug-likeness (QED) is 0.726. The molecule has 1 nitrogen and oxygen atoms in total. The number of benzene rings is 1. The second kappa shape index (κ2) is 3.88. The minimum absolute atomic E-state index is 0.214. The summed E-state index contributed by atoms with van der Waals surface area (Å²) < 4.78 is 0. The maximum Gasteiger partial charge on any atom is 0.0306 e. The van der Waals surface area contributed by atoms with Crippen molar-refractivity contribution in [3.8, 4) is 0 Å². The second-order valence-corrected chi connectivity index (χ2v) is 8.95. The largest absolute Gasteiger partial charge is 0.324 e. The van der Waals surface area contributed by atoms with Gasteiger partial charge in [-0.15, -0.1) is 0 Å². The van der Waals surface area contributed by atoms with E-state index in [2.05, 4.69) is 53.7 Å². The first-order chi connectivity index (χ1) is 9.05. The summed E-state index contributed by atoms with van der Waals surface area (Å²) in [5.74, 6) is 0. The van der Waals surface area contributed by atoms with Crippen LogP contribution >= 0.6 is 0 Å². The Morgan fingerprint density at radius 1 is 0.800 bits per heavy atom. The molecule has 0 amide bonds. The molecule has 0 saturated heterocycles. The highest BCUT2D eigenvalue weighted by molar-refractivity contribution is 5.52. The summed E-state index contributed by atoms with van der Waals surface area (Å²) >= 11 is 0. The molecule has 0 spiro atoms. The van der Waals surface area contributed by atoms with E-state index in [1.807, 2.05) is 0 Å². The van der Waals surface area contributed by atoms with Crippen molar-refractivity contribution in [1.29, 1.82) is 0 Å². The van der Waals surface area contributed by atoms with Crippen molar-refractivity contribution in [2.45, 2.75) is 83.1 Å². The lowest BCUT2D eigenvalue weighted by Gasteiger charge is -2.42. The van der Waals surface area contributed by atoms with Crippen LogP contribution in [-0.2, 0) is 16.2 Å². The first-order valence-corrected chi connectivity index (χ1v) is 8.00. The van der Waals surface area contributed by atoms with Crippen LogP contribution in [0.5, 0.6) is 0 Å². The number of fused-ring (bicyclic) bond motifs is 2. The van der Waals surface area contributed by atoms with Gasteiger partial charge in [0, 0.05) is 6.04 Å². The van der Waals surface area contributed by atoms with Crippen molar-refractivity contribution < 1.29 is 0 Å². The van der Waals surface area contributed by atoms with E-state index < -0.39 is 0 Å². The lowest BCUT2D eigenvalue weighted by Crippen LogP contribution is -2.34. The smallest absolute Gasteiger partial charge is 0.0306 e. The molecule has 0 aliphatic heterocycles. The predicted molar refractivity (Wildman–Crippen MR) is 86.3 cm³/mol. The predicted octanol–water partition coefficient (Wildman–Crippen LogP) is 4.72. The highest BCUT2D eigenvalue weighted by Crippen LogP contribution is 2.51. The van der Waals surface area contributed by atoms with E-state index in [0.717, 1.165) is 6.42 Å². The van der Waals surface area contributed by atoms with Gasteiger partial charge in [0.05, 0.1) is 0 Å². The average Bonchev–Trinajstić information content (AvgIpc) is 2.55. The SMILES string of the molecule is CC1(C)CC(N)c2cc3c(cc21)C(C)(C)CCC3(C)C. The van der Waals surface area contributed by atoms with Crippen LogP contribution < -0.4 is 5.73 Å². The zero-order valence-corrected chi connectivity index (χ0v) is 13.9. The van der Waals surface area contributed by atoms with Gasteiger partial charge < -0.3 is 5.73 Å². The van der Waals surface area contributed by atoms with Gasteiger partial charge in [0.2, 0.25) is 0 Å². The van der Waals surface area contributed by atoms with E-state index >= 15 is 0 Å². The van der Waals surface area contributed by atoms with Gasteiger partial charge >= 0.3 is 0 Å². The molecular formula is C19H29N. The molecule has 1 heteroatoms. The third-order valence-corrected chi connectivity index (χ3v) is 5.88. The van der Waals surface area contributed by atoms with Gasteiger partial charge in [0.15, 0.2) is 0 Å². The molecule has 0 heterocycles. The summed E-state index contributed by atoms with van der Waals surface area (Å²) in [6, 6.07) is 5.16. The third-order valence-electron chi connectivity index (χ3n) is 5.88. The molecule has 1 aromatic carbocycles. The van der Waals surface area contributed by atoms with Crippen LogP contribution in [-0.4, -0.2) is 0 Å². The molecule has 0 aromatic heterocycles. The molecule has 2 aliphatic carbocycles. The summed E-state index contributed by atoms with van der Waals surface area (Å²) in [6.45, 7) is 14.3. The normalized spacial score (nSPS) is 28.9. The monoisotopic (exact) mass is 271 g/mol. The van der Waals surface area contributed by atoms with Gasteiger partial charge in [-0.25, -0.2) is 0 Å². The topological polar surface area (TPSA) is 26.0 Å². The molecule has 0 fully saturated rings. The number of hydrogen-bond acceptors (Lipinski definition) is 1. The van der Waals surface area contributed by atoms with Crippen molar-refractivity contribution in [3.63, 3.8) is 0 Å². The van der Waals surface area contributed by atoms with Crippen LogP contribution in [0.3, 0.4) is 0 Å². The Kier molecular flexibility index (Phi) is 2.74. The number of nitrogens with two attached hydrogens (primary N) is 1. The molecular weight excluding hydrogens is 242 g/mol. The van der Waals surface area contributed by atoms with E-state index in [1.54, 1.807) is 11.1 Å². The fraction of sp³-hybridized carbons (Fsp3) is 0.684. The molecule has 1 aromatic rings. The van der Waals surface area contributed by atoms with Crippen molar-refractivity contribution in [2.24, 2.45) is 5.73 Å². The zero-order chi connectivity index (χ0) is 14.9. The Hall–Kier alpha value is -0.820. The number of hydrogen-bond donors (Lipinski definition) is 1. The fourth-order valence-electron chi connectivity index (χ4n) is 4.29. The highest BCUT2D eigenvalue weighted by atomic mass is 14.7. The summed E-state index contributed by atoms with van der Waals surface area (Å²) in [6.07, 6.45) is 3.62. The standard InChI is InChI=1S/C19H29N/c1-17(2)7-8-18(3,4)15-10-13-12(9-14(15)17)16(20)11-19(13,5)6/h9-10,16H,7-8,11,20H2,1-6H3. The Morgan fingerprint density at radius 3 is 1.85 bits per heavy atom. The number of rotatable bonds is 0. The fourth-order valence-corrected chi connectivity index (χ4v) is 4.29. The molecule has 2 aliphatic rings. The zero-order valence-electron chi connectivity index (χ0n) is 13.9. The van der Waals surface area contributed by atoms with Crippen LogP contribution in [0.2, 0.25) is 0 Å². The van der Waals surface area contributed by atoms with Crippen molar-refractivity contribution in [2.75, 3.05) is 0 Å².